The minimum absolute atomic E-state index is 0.0972. The van der Waals surface area contributed by atoms with E-state index in [0.717, 1.165) is 0 Å². The Kier molecular flexibility index (Phi) is 13.1. The lowest BCUT2D eigenvalue weighted by molar-refractivity contribution is -0.144. The van der Waals surface area contributed by atoms with Crippen molar-refractivity contribution in [2.75, 3.05) is 12.4 Å². The molecule has 1 atom stereocenters. The predicted molar refractivity (Wildman–Crippen MR) is 81.2 cm³/mol. The molecule has 0 rings (SSSR count). The maximum Gasteiger partial charge on any atom is 0.306 e. The number of rotatable bonds is 12. The van der Waals surface area contributed by atoms with E-state index in [1.807, 2.05) is 0 Å². The highest BCUT2D eigenvalue weighted by Crippen LogP contribution is 2.18. The second-order valence-corrected chi connectivity index (χ2v) is 5.46. The molecular formula is C15H30O2S. The van der Waals surface area contributed by atoms with Gasteiger partial charge in [-0.2, -0.15) is 12.6 Å². The van der Waals surface area contributed by atoms with Crippen LogP contribution >= 0.6 is 12.6 Å². The van der Waals surface area contributed by atoms with Crippen molar-refractivity contribution in [1.29, 1.82) is 0 Å². The Labute approximate surface area is 118 Å². The van der Waals surface area contributed by atoms with Crippen molar-refractivity contribution in [3.63, 3.8) is 0 Å². The fourth-order valence-corrected chi connectivity index (χ4v) is 2.22. The molecule has 0 aromatic rings. The minimum atomic E-state index is -0.0972. The third-order valence-electron chi connectivity index (χ3n) is 3.23. The van der Waals surface area contributed by atoms with Gasteiger partial charge in [0.05, 0.1) is 13.0 Å². The SMILES string of the molecule is CCCCCCC(CCCC)COC(=O)CCS. The summed E-state index contributed by atoms with van der Waals surface area (Å²) in [6, 6.07) is 0. The summed E-state index contributed by atoms with van der Waals surface area (Å²) in [5.74, 6) is 1.04. The normalized spacial score (nSPS) is 12.4. The summed E-state index contributed by atoms with van der Waals surface area (Å²) in [5.41, 5.74) is 0. The van der Waals surface area contributed by atoms with E-state index in [0.29, 0.717) is 24.7 Å². The largest absolute Gasteiger partial charge is 0.465 e. The lowest BCUT2D eigenvalue weighted by atomic mass is 9.96. The third kappa shape index (κ3) is 10.9. The van der Waals surface area contributed by atoms with Crippen molar-refractivity contribution >= 4 is 18.6 Å². The van der Waals surface area contributed by atoms with Crippen molar-refractivity contribution in [3.8, 4) is 0 Å². The van der Waals surface area contributed by atoms with E-state index in [2.05, 4.69) is 26.5 Å². The molecule has 0 fully saturated rings. The molecule has 0 saturated heterocycles. The van der Waals surface area contributed by atoms with Gasteiger partial charge in [0.25, 0.3) is 0 Å². The number of unbranched alkanes of at least 4 members (excludes halogenated alkanes) is 4. The average Bonchev–Trinajstić information content (AvgIpc) is 2.37. The Hall–Kier alpha value is -0.180. The molecule has 18 heavy (non-hydrogen) atoms. The van der Waals surface area contributed by atoms with Gasteiger partial charge in [-0.15, -0.1) is 0 Å². The van der Waals surface area contributed by atoms with Gasteiger partial charge < -0.3 is 4.74 Å². The van der Waals surface area contributed by atoms with Gasteiger partial charge in [-0.1, -0.05) is 52.4 Å². The number of thiol groups is 1. The molecule has 0 N–H and O–H groups in total. The van der Waals surface area contributed by atoms with E-state index < -0.39 is 0 Å². The first-order valence-corrected chi connectivity index (χ1v) is 8.14. The fraction of sp³-hybridized carbons (Fsp3) is 0.933. The molecule has 0 bridgehead atoms. The molecule has 0 amide bonds. The molecule has 0 aromatic heterocycles. The summed E-state index contributed by atoms with van der Waals surface area (Å²) in [6.45, 7) is 5.05. The van der Waals surface area contributed by atoms with Crippen LogP contribution in [0.2, 0.25) is 0 Å². The molecule has 3 heteroatoms. The lowest BCUT2D eigenvalue weighted by Gasteiger charge is -2.16. The molecular weight excluding hydrogens is 244 g/mol. The second-order valence-electron chi connectivity index (χ2n) is 5.01. The molecule has 0 aliphatic heterocycles. The van der Waals surface area contributed by atoms with Crippen LogP contribution in [-0.4, -0.2) is 18.3 Å². The van der Waals surface area contributed by atoms with Crippen molar-refractivity contribution in [2.24, 2.45) is 5.92 Å². The Bertz CT molecular complexity index is 195. The Morgan fingerprint density at radius 2 is 1.72 bits per heavy atom. The Morgan fingerprint density at radius 1 is 1.06 bits per heavy atom. The van der Waals surface area contributed by atoms with Crippen LogP contribution in [0.15, 0.2) is 0 Å². The molecule has 0 aliphatic carbocycles. The molecule has 0 saturated carbocycles. The summed E-state index contributed by atoms with van der Waals surface area (Å²) in [5, 5.41) is 0. The maximum absolute atomic E-state index is 11.3. The highest BCUT2D eigenvalue weighted by atomic mass is 32.1. The third-order valence-corrected chi connectivity index (χ3v) is 3.45. The van der Waals surface area contributed by atoms with Crippen molar-refractivity contribution < 1.29 is 9.53 Å². The second kappa shape index (κ2) is 13.3. The molecule has 0 heterocycles. The van der Waals surface area contributed by atoms with E-state index in [1.54, 1.807) is 0 Å². The lowest BCUT2D eigenvalue weighted by Crippen LogP contribution is -2.14. The standard InChI is InChI=1S/C15H30O2S/c1-3-5-7-8-10-14(9-6-4-2)13-17-15(16)11-12-18/h14,18H,3-13H2,1-2H3. The first-order valence-electron chi connectivity index (χ1n) is 7.51. The summed E-state index contributed by atoms with van der Waals surface area (Å²) < 4.78 is 5.31. The number of esters is 1. The zero-order chi connectivity index (χ0) is 13.6. The van der Waals surface area contributed by atoms with Crippen LogP contribution in [0.1, 0.15) is 71.6 Å². The highest BCUT2D eigenvalue weighted by Gasteiger charge is 2.11. The average molecular weight is 274 g/mol. The molecule has 108 valence electrons. The summed E-state index contributed by atoms with van der Waals surface area (Å²) in [7, 11) is 0. The summed E-state index contributed by atoms with van der Waals surface area (Å²) in [6.07, 6.45) is 10.5. The molecule has 0 aliphatic rings. The Balaban J connectivity index is 3.79. The summed E-state index contributed by atoms with van der Waals surface area (Å²) in [4.78, 5) is 11.3. The topological polar surface area (TPSA) is 26.3 Å². The first-order chi connectivity index (χ1) is 8.74. The number of carbonyl (C=O) groups excluding carboxylic acids is 1. The van der Waals surface area contributed by atoms with Crippen LogP contribution in [-0.2, 0) is 9.53 Å². The zero-order valence-electron chi connectivity index (χ0n) is 12.1. The van der Waals surface area contributed by atoms with Crippen LogP contribution in [0.3, 0.4) is 0 Å². The quantitative estimate of drug-likeness (QED) is 0.319. The number of hydrogen-bond donors (Lipinski definition) is 1. The van der Waals surface area contributed by atoms with Gasteiger partial charge in [-0.3, -0.25) is 4.79 Å². The highest BCUT2D eigenvalue weighted by molar-refractivity contribution is 7.80. The number of ether oxygens (including phenoxy) is 1. The number of hydrogen-bond acceptors (Lipinski definition) is 3. The fourth-order valence-electron chi connectivity index (χ4n) is 2.04. The van der Waals surface area contributed by atoms with E-state index in [9.17, 15) is 4.79 Å². The maximum atomic E-state index is 11.3. The van der Waals surface area contributed by atoms with Crippen LogP contribution in [0.25, 0.3) is 0 Å². The van der Waals surface area contributed by atoms with Crippen LogP contribution in [0.4, 0.5) is 0 Å². The zero-order valence-corrected chi connectivity index (χ0v) is 13.0. The van der Waals surface area contributed by atoms with Gasteiger partial charge in [0, 0.05) is 5.75 Å². The van der Waals surface area contributed by atoms with Gasteiger partial charge in [0.2, 0.25) is 0 Å². The monoisotopic (exact) mass is 274 g/mol. The summed E-state index contributed by atoms with van der Waals surface area (Å²) >= 11 is 4.04. The molecule has 2 nitrogen and oxygen atoms in total. The van der Waals surface area contributed by atoms with Gasteiger partial charge in [-0.25, -0.2) is 0 Å². The Morgan fingerprint density at radius 3 is 2.33 bits per heavy atom. The van der Waals surface area contributed by atoms with Gasteiger partial charge in [0.1, 0.15) is 0 Å². The van der Waals surface area contributed by atoms with Crippen LogP contribution in [0, 0.1) is 5.92 Å². The first kappa shape index (κ1) is 17.8. The van der Waals surface area contributed by atoms with E-state index in [1.165, 1.54) is 51.4 Å². The predicted octanol–water partition coefficient (Wildman–Crippen LogP) is 4.63. The van der Waals surface area contributed by atoms with Gasteiger partial charge in [0.15, 0.2) is 0 Å². The molecule has 0 spiro atoms. The molecule has 1 unspecified atom stereocenters. The van der Waals surface area contributed by atoms with Gasteiger partial charge >= 0.3 is 5.97 Å². The van der Waals surface area contributed by atoms with Crippen molar-refractivity contribution in [3.05, 3.63) is 0 Å². The van der Waals surface area contributed by atoms with Crippen LogP contribution < -0.4 is 0 Å². The molecule has 0 aromatic carbocycles. The molecule has 0 radical (unpaired) electrons. The minimum Gasteiger partial charge on any atom is -0.465 e. The smallest absolute Gasteiger partial charge is 0.306 e. The van der Waals surface area contributed by atoms with Crippen molar-refractivity contribution in [2.45, 2.75) is 71.6 Å². The number of carbonyl (C=O) groups is 1. The van der Waals surface area contributed by atoms with Crippen LogP contribution in [0.5, 0.6) is 0 Å². The van der Waals surface area contributed by atoms with E-state index in [-0.39, 0.29) is 5.97 Å². The van der Waals surface area contributed by atoms with E-state index >= 15 is 0 Å². The van der Waals surface area contributed by atoms with E-state index in [4.69, 9.17) is 4.74 Å². The van der Waals surface area contributed by atoms with Crippen molar-refractivity contribution in [1.82, 2.24) is 0 Å². The van der Waals surface area contributed by atoms with Gasteiger partial charge in [-0.05, 0) is 18.8 Å².